The summed E-state index contributed by atoms with van der Waals surface area (Å²) in [6, 6.07) is 7.90. The molecule has 3 N–H and O–H groups in total. The molecule has 0 saturated heterocycles. The number of nitrogens with one attached hydrogen (secondary N) is 3. The second-order valence-electron chi connectivity index (χ2n) is 6.54. The lowest BCUT2D eigenvalue weighted by Crippen LogP contribution is -2.42. The highest BCUT2D eigenvalue weighted by Gasteiger charge is 2.26. The van der Waals surface area contributed by atoms with Gasteiger partial charge in [-0.05, 0) is 42.8 Å². The van der Waals surface area contributed by atoms with Crippen LogP contribution in [0.1, 0.15) is 25.7 Å². The van der Waals surface area contributed by atoms with Gasteiger partial charge in [0.15, 0.2) is 0 Å². The van der Waals surface area contributed by atoms with Gasteiger partial charge in [-0.3, -0.25) is 14.6 Å². The number of nitrogens with zero attached hydrogens (tertiary/aromatic N) is 1. The van der Waals surface area contributed by atoms with Gasteiger partial charge in [0, 0.05) is 42.5 Å². The Morgan fingerprint density at radius 1 is 1.20 bits per heavy atom. The van der Waals surface area contributed by atoms with E-state index >= 15 is 0 Å². The van der Waals surface area contributed by atoms with E-state index in [4.69, 9.17) is 0 Å². The van der Waals surface area contributed by atoms with E-state index in [1.54, 1.807) is 19.4 Å². The van der Waals surface area contributed by atoms with Crippen molar-refractivity contribution in [2.24, 2.45) is 5.92 Å². The predicted octanol–water partition coefficient (Wildman–Crippen LogP) is 2.07. The normalized spacial score (nSPS) is 20.2. The van der Waals surface area contributed by atoms with Crippen LogP contribution in [0.5, 0.6) is 0 Å². The zero-order chi connectivity index (χ0) is 17.6. The van der Waals surface area contributed by atoms with Crippen molar-refractivity contribution in [2.45, 2.75) is 31.7 Å². The molecule has 6 nitrogen and oxygen atoms in total. The maximum atomic E-state index is 12.2. The Morgan fingerprint density at radius 3 is 2.92 bits per heavy atom. The summed E-state index contributed by atoms with van der Waals surface area (Å²) in [5.41, 5.74) is 0.775. The molecule has 1 aromatic heterocycles. The van der Waals surface area contributed by atoms with Crippen LogP contribution in [0.25, 0.3) is 10.8 Å². The van der Waals surface area contributed by atoms with Crippen molar-refractivity contribution < 1.29 is 9.59 Å². The minimum absolute atomic E-state index is 0.0495. The fourth-order valence-corrected chi connectivity index (χ4v) is 3.42. The molecule has 1 heterocycles. The Morgan fingerprint density at radius 2 is 2.08 bits per heavy atom. The van der Waals surface area contributed by atoms with E-state index in [0.717, 1.165) is 42.1 Å². The molecule has 1 aliphatic rings. The molecule has 6 heteroatoms. The lowest BCUT2D eigenvalue weighted by molar-refractivity contribution is -0.125. The van der Waals surface area contributed by atoms with Gasteiger partial charge in [-0.15, -0.1) is 0 Å². The number of hydrogen-bond acceptors (Lipinski definition) is 4. The molecule has 2 amide bonds. The van der Waals surface area contributed by atoms with E-state index in [2.05, 4.69) is 20.9 Å². The third-order valence-corrected chi connectivity index (χ3v) is 4.77. The van der Waals surface area contributed by atoms with Crippen molar-refractivity contribution in [1.82, 2.24) is 15.6 Å². The lowest BCUT2D eigenvalue weighted by atomic mass is 9.85. The quantitative estimate of drug-likeness (QED) is 0.778. The summed E-state index contributed by atoms with van der Waals surface area (Å²) in [6.07, 6.45) is 7.27. The van der Waals surface area contributed by atoms with E-state index in [1.807, 2.05) is 24.3 Å². The Balaban J connectivity index is 1.51. The summed E-state index contributed by atoms with van der Waals surface area (Å²) < 4.78 is 0. The van der Waals surface area contributed by atoms with Crippen molar-refractivity contribution in [2.75, 3.05) is 18.9 Å². The second-order valence-corrected chi connectivity index (χ2v) is 6.54. The number of pyridine rings is 1. The molecule has 2 unspecified atom stereocenters. The Labute approximate surface area is 147 Å². The summed E-state index contributed by atoms with van der Waals surface area (Å²) >= 11 is 0. The van der Waals surface area contributed by atoms with E-state index in [0.29, 0.717) is 0 Å². The van der Waals surface area contributed by atoms with Crippen molar-refractivity contribution in [1.29, 1.82) is 0 Å². The van der Waals surface area contributed by atoms with Crippen molar-refractivity contribution in [3.8, 4) is 0 Å². The maximum Gasteiger partial charge on any atom is 0.238 e. The number of fused-ring (bicyclic) bond motifs is 1. The maximum absolute atomic E-state index is 12.2. The van der Waals surface area contributed by atoms with E-state index in [1.165, 1.54) is 0 Å². The van der Waals surface area contributed by atoms with Crippen LogP contribution >= 0.6 is 0 Å². The highest BCUT2D eigenvalue weighted by molar-refractivity contribution is 5.95. The number of carbonyl (C=O) groups excluding carboxylic acids is 2. The fraction of sp³-hybridized carbons (Fsp3) is 0.421. The smallest absolute Gasteiger partial charge is 0.238 e. The average Bonchev–Trinajstić information content (AvgIpc) is 2.66. The molecule has 2 aromatic rings. The van der Waals surface area contributed by atoms with Gasteiger partial charge in [-0.2, -0.15) is 0 Å². The van der Waals surface area contributed by atoms with Crippen LogP contribution in [0.4, 0.5) is 5.69 Å². The predicted molar refractivity (Wildman–Crippen MR) is 98.2 cm³/mol. The number of rotatable bonds is 5. The third kappa shape index (κ3) is 4.54. The number of benzene rings is 1. The van der Waals surface area contributed by atoms with Crippen LogP contribution in [0.2, 0.25) is 0 Å². The fourth-order valence-electron chi connectivity index (χ4n) is 3.42. The standard InChI is InChI=1S/C19H24N4O2/c1-20-19(25)14-3-2-4-16(10-14)22-12-18(24)23-17-6-5-15-11-21-8-7-13(15)9-17/h5-9,11,14,16,22H,2-4,10,12H2,1H3,(H,20,25)(H,23,24). The summed E-state index contributed by atoms with van der Waals surface area (Å²) in [4.78, 5) is 28.1. The molecular formula is C19H24N4O2. The molecule has 132 valence electrons. The molecule has 0 spiro atoms. The number of aromatic nitrogens is 1. The van der Waals surface area contributed by atoms with Crippen LogP contribution in [-0.2, 0) is 9.59 Å². The third-order valence-electron chi connectivity index (χ3n) is 4.77. The summed E-state index contributed by atoms with van der Waals surface area (Å²) in [6.45, 7) is 0.250. The van der Waals surface area contributed by atoms with Gasteiger partial charge in [-0.1, -0.05) is 12.5 Å². The Bertz CT molecular complexity index is 762. The molecule has 1 saturated carbocycles. The highest BCUT2D eigenvalue weighted by Crippen LogP contribution is 2.24. The summed E-state index contributed by atoms with van der Waals surface area (Å²) in [7, 11) is 1.67. The number of anilines is 1. The number of amides is 2. The Kier molecular flexibility index (Phi) is 5.60. The van der Waals surface area contributed by atoms with Gasteiger partial charge in [0.05, 0.1) is 6.54 Å². The second kappa shape index (κ2) is 8.07. The molecule has 0 aliphatic heterocycles. The summed E-state index contributed by atoms with van der Waals surface area (Å²) in [5.74, 6) is 0.0745. The van der Waals surface area contributed by atoms with E-state index in [9.17, 15) is 9.59 Å². The monoisotopic (exact) mass is 340 g/mol. The zero-order valence-electron chi connectivity index (χ0n) is 14.4. The molecule has 3 rings (SSSR count). The van der Waals surface area contributed by atoms with Crippen molar-refractivity contribution >= 4 is 28.3 Å². The van der Waals surface area contributed by atoms with Crippen LogP contribution in [-0.4, -0.2) is 36.4 Å². The topological polar surface area (TPSA) is 83.1 Å². The van der Waals surface area contributed by atoms with E-state index in [-0.39, 0.29) is 30.3 Å². The molecule has 1 fully saturated rings. The van der Waals surface area contributed by atoms with Gasteiger partial charge < -0.3 is 16.0 Å². The van der Waals surface area contributed by atoms with Gasteiger partial charge in [0.2, 0.25) is 11.8 Å². The van der Waals surface area contributed by atoms with Gasteiger partial charge >= 0.3 is 0 Å². The Hall–Kier alpha value is -2.47. The van der Waals surface area contributed by atoms with Gasteiger partial charge in [-0.25, -0.2) is 0 Å². The van der Waals surface area contributed by atoms with Crippen LogP contribution < -0.4 is 16.0 Å². The molecule has 0 radical (unpaired) electrons. The first kappa shape index (κ1) is 17.4. The first-order valence-electron chi connectivity index (χ1n) is 8.74. The lowest BCUT2D eigenvalue weighted by Gasteiger charge is -2.28. The molecule has 25 heavy (non-hydrogen) atoms. The minimum Gasteiger partial charge on any atom is -0.359 e. The molecule has 1 aliphatic carbocycles. The van der Waals surface area contributed by atoms with Crippen molar-refractivity contribution in [3.05, 3.63) is 36.7 Å². The van der Waals surface area contributed by atoms with Crippen LogP contribution in [0.3, 0.4) is 0 Å². The van der Waals surface area contributed by atoms with Gasteiger partial charge in [0.25, 0.3) is 0 Å². The first-order chi connectivity index (χ1) is 12.2. The average molecular weight is 340 g/mol. The van der Waals surface area contributed by atoms with E-state index < -0.39 is 0 Å². The molecule has 2 atom stereocenters. The first-order valence-corrected chi connectivity index (χ1v) is 8.74. The largest absolute Gasteiger partial charge is 0.359 e. The molecule has 0 bridgehead atoms. The van der Waals surface area contributed by atoms with Crippen LogP contribution in [0.15, 0.2) is 36.7 Å². The summed E-state index contributed by atoms with van der Waals surface area (Å²) in [5, 5.41) is 11.0. The number of hydrogen-bond donors (Lipinski definition) is 3. The molecule has 1 aromatic carbocycles. The molecular weight excluding hydrogens is 316 g/mol. The van der Waals surface area contributed by atoms with Crippen LogP contribution in [0, 0.1) is 5.92 Å². The van der Waals surface area contributed by atoms with Crippen molar-refractivity contribution in [3.63, 3.8) is 0 Å². The van der Waals surface area contributed by atoms with Gasteiger partial charge in [0.1, 0.15) is 0 Å². The minimum atomic E-state index is -0.0736. The number of carbonyl (C=O) groups is 2. The zero-order valence-corrected chi connectivity index (χ0v) is 14.4. The SMILES string of the molecule is CNC(=O)C1CCCC(NCC(=O)Nc2ccc3cnccc3c2)C1. The highest BCUT2D eigenvalue weighted by atomic mass is 16.2.